The quantitative estimate of drug-likeness (QED) is 0.103. The standard InChI is InChI=1S/C21H24N.C15H16.C12H18O.C2H2.CH3.Pt/c1-14-9-8-10-20(15(14)2)18-11-17(16(3)22-7)12-19(13-18)21(4,5)6;1-3-13-10-9-12(2)11-15(13)14-7-5-4-6-8-14;1-5-9-7-6-8-10(11(9)13)12(2,3)4;1-2;;/h8-10,12-13H,3,7H2,1-2,4-6H3;4-11H,3H2,1-2H3;6-8,13H,5H2,1-4H3;1-2H;1H3;/q-1;;;;-1;+2. The van der Waals surface area contributed by atoms with Gasteiger partial charge in [-0.05, 0) is 84.7 Å². The summed E-state index contributed by atoms with van der Waals surface area (Å²) < 4.78 is 0. The maximum absolute atomic E-state index is 9.92. The zero-order chi connectivity index (χ0) is 39.2. The first-order valence-electron chi connectivity index (χ1n) is 18.1. The number of aromatic hydroxyl groups is 1. The van der Waals surface area contributed by atoms with Crippen LogP contribution >= 0.6 is 0 Å². The number of rotatable bonds is 6. The van der Waals surface area contributed by atoms with Crippen molar-refractivity contribution in [3.05, 3.63) is 162 Å². The third-order valence-electron chi connectivity index (χ3n) is 9.17. The van der Waals surface area contributed by atoms with Crippen molar-refractivity contribution in [1.82, 2.24) is 0 Å². The Hall–Kier alpha value is -4.44. The fraction of sp³-hybridized carbons (Fsp3) is 0.294. The van der Waals surface area contributed by atoms with Gasteiger partial charge >= 0.3 is 21.1 Å². The zero-order valence-electron chi connectivity index (χ0n) is 34.9. The van der Waals surface area contributed by atoms with E-state index in [0.717, 1.165) is 35.1 Å². The Morgan fingerprint density at radius 3 is 1.85 bits per heavy atom. The number of phenols is 1. The van der Waals surface area contributed by atoms with Gasteiger partial charge in [0.15, 0.2) is 0 Å². The van der Waals surface area contributed by atoms with Gasteiger partial charge in [0.1, 0.15) is 5.75 Å². The molecule has 2 nitrogen and oxygen atoms in total. The maximum atomic E-state index is 9.92. The van der Waals surface area contributed by atoms with E-state index in [1.54, 1.807) is 0 Å². The van der Waals surface area contributed by atoms with Gasteiger partial charge in [0.05, 0.1) is 0 Å². The van der Waals surface area contributed by atoms with Crippen molar-refractivity contribution in [2.75, 3.05) is 0 Å². The molecule has 0 aliphatic heterocycles. The third kappa shape index (κ3) is 13.8. The summed E-state index contributed by atoms with van der Waals surface area (Å²) in [5, 5.41) is 9.92. The molecule has 1 N–H and O–H groups in total. The number of para-hydroxylation sites is 1. The van der Waals surface area contributed by atoms with E-state index in [1.807, 2.05) is 18.2 Å². The first-order valence-corrected chi connectivity index (χ1v) is 18.1. The Kier molecular flexibility index (Phi) is 20.8. The van der Waals surface area contributed by atoms with Crippen LogP contribution in [0, 0.1) is 47.1 Å². The largest absolute Gasteiger partial charge is 2.00 e. The predicted octanol–water partition coefficient (Wildman–Crippen LogP) is 13.9. The summed E-state index contributed by atoms with van der Waals surface area (Å²) in [6.07, 6.45) is 9.97. The number of terminal acetylenes is 1. The average molecular weight is 901 g/mol. The van der Waals surface area contributed by atoms with Crippen molar-refractivity contribution in [3.8, 4) is 40.9 Å². The van der Waals surface area contributed by atoms with Crippen LogP contribution in [0.1, 0.15) is 99.9 Å². The van der Waals surface area contributed by atoms with Gasteiger partial charge in [0.25, 0.3) is 0 Å². The van der Waals surface area contributed by atoms with E-state index in [0.29, 0.717) is 11.4 Å². The van der Waals surface area contributed by atoms with Gasteiger partial charge in [-0.15, -0.1) is 48.8 Å². The number of nitrogens with zero attached hydrogens (tertiary/aromatic N) is 1. The topological polar surface area (TPSA) is 32.6 Å². The molecule has 5 aromatic rings. The van der Waals surface area contributed by atoms with Gasteiger partial charge in [-0.2, -0.15) is 0 Å². The van der Waals surface area contributed by atoms with Gasteiger partial charge < -0.3 is 17.5 Å². The number of hydrogen-bond acceptors (Lipinski definition) is 2. The van der Waals surface area contributed by atoms with E-state index in [-0.39, 0.29) is 39.3 Å². The van der Waals surface area contributed by atoms with E-state index >= 15 is 0 Å². The Bertz CT molecular complexity index is 1950. The summed E-state index contributed by atoms with van der Waals surface area (Å²) in [4.78, 5) is 3.98. The van der Waals surface area contributed by atoms with E-state index in [2.05, 4.69) is 192 Å². The second kappa shape index (κ2) is 22.7. The molecule has 0 bridgehead atoms. The van der Waals surface area contributed by atoms with Crippen molar-refractivity contribution in [3.63, 3.8) is 0 Å². The monoisotopic (exact) mass is 900 g/mol. The molecule has 0 fully saturated rings. The molecule has 0 heterocycles. The molecule has 0 unspecified atom stereocenters. The number of hydrogen-bond donors (Lipinski definition) is 1. The molecular weight excluding hydrogens is 838 g/mol. The Morgan fingerprint density at radius 2 is 1.31 bits per heavy atom. The molecule has 0 amide bonds. The Morgan fingerprint density at radius 1 is 0.722 bits per heavy atom. The molecule has 0 atom stereocenters. The molecule has 0 aliphatic carbocycles. The predicted molar refractivity (Wildman–Crippen MR) is 236 cm³/mol. The van der Waals surface area contributed by atoms with Crippen molar-refractivity contribution in [2.45, 2.75) is 99.8 Å². The molecule has 0 saturated heterocycles. The molecule has 0 aliphatic rings. The molecule has 0 spiro atoms. The minimum atomic E-state index is 0. The fourth-order valence-electron chi connectivity index (χ4n) is 5.80. The first kappa shape index (κ1) is 49.6. The number of aryl methyl sites for hydroxylation is 4. The van der Waals surface area contributed by atoms with E-state index < -0.39 is 0 Å². The molecule has 0 radical (unpaired) electrons. The summed E-state index contributed by atoms with van der Waals surface area (Å²) >= 11 is 0. The summed E-state index contributed by atoms with van der Waals surface area (Å²) in [5.74, 6) is 0.470. The summed E-state index contributed by atoms with van der Waals surface area (Å²) in [6.45, 7) is 31.2. The van der Waals surface area contributed by atoms with E-state index in [4.69, 9.17) is 0 Å². The summed E-state index contributed by atoms with van der Waals surface area (Å²) in [6, 6.07) is 37.4. The van der Waals surface area contributed by atoms with Crippen LogP contribution in [-0.2, 0) is 44.7 Å². The molecule has 3 heteroatoms. The Labute approximate surface area is 344 Å². The Balaban J connectivity index is 0.000000777. The average Bonchev–Trinajstić information content (AvgIpc) is 3.13. The van der Waals surface area contributed by atoms with Crippen molar-refractivity contribution < 1.29 is 26.2 Å². The first-order chi connectivity index (χ1) is 24.5. The van der Waals surface area contributed by atoms with Gasteiger partial charge in [-0.1, -0.05) is 168 Å². The molecule has 0 saturated carbocycles. The van der Waals surface area contributed by atoms with E-state index in [1.165, 1.54) is 44.5 Å². The molecule has 54 heavy (non-hydrogen) atoms. The van der Waals surface area contributed by atoms with Crippen molar-refractivity contribution in [2.24, 2.45) is 4.99 Å². The van der Waals surface area contributed by atoms with Crippen LogP contribution in [0.3, 0.4) is 0 Å². The number of phenolic OH excluding ortho intramolecular Hbond substituents is 1. The minimum absolute atomic E-state index is 0. The number of aliphatic imine (C=N–C) groups is 1. The molecule has 5 aromatic carbocycles. The van der Waals surface area contributed by atoms with Crippen molar-refractivity contribution >= 4 is 12.4 Å². The van der Waals surface area contributed by atoms with Crippen LogP contribution in [-0.4, -0.2) is 11.8 Å². The van der Waals surface area contributed by atoms with Crippen LogP contribution in [0.4, 0.5) is 0 Å². The van der Waals surface area contributed by atoms with Gasteiger partial charge in [0.2, 0.25) is 0 Å². The minimum Gasteiger partial charge on any atom is -0.507 e. The zero-order valence-corrected chi connectivity index (χ0v) is 37.2. The molecule has 0 aromatic heterocycles. The van der Waals surface area contributed by atoms with Crippen LogP contribution in [0.15, 0.2) is 109 Å². The molecule has 5 rings (SSSR count). The molecular formula is C51H63NOPt. The number of benzene rings is 5. The van der Waals surface area contributed by atoms with Gasteiger partial charge in [-0.25, -0.2) is 0 Å². The van der Waals surface area contributed by atoms with E-state index in [9.17, 15) is 5.11 Å². The molecule has 288 valence electrons. The van der Waals surface area contributed by atoms with Crippen LogP contribution < -0.4 is 0 Å². The second-order valence-corrected chi connectivity index (χ2v) is 15.1. The summed E-state index contributed by atoms with van der Waals surface area (Å²) in [5.41, 5.74) is 15.3. The normalized spacial score (nSPS) is 10.3. The smallest absolute Gasteiger partial charge is 0.507 e. The van der Waals surface area contributed by atoms with Gasteiger partial charge in [0, 0.05) is 0 Å². The second-order valence-electron chi connectivity index (χ2n) is 15.1. The van der Waals surface area contributed by atoms with Gasteiger partial charge in [-0.3, -0.25) is 0 Å². The summed E-state index contributed by atoms with van der Waals surface area (Å²) in [7, 11) is 0. The SMILES string of the molecule is C#C.C=NC(=C)c1[c-]c(-c2cccc(C)c2C)cc(C(C)(C)C)c1.CCc1ccc(C)cc1-c1ccccc1.CCc1cccc(C(C)(C)C)c1O.[CH3-].[Pt+2]. The van der Waals surface area contributed by atoms with Crippen LogP contribution in [0.25, 0.3) is 28.0 Å². The van der Waals surface area contributed by atoms with Crippen LogP contribution in [0.5, 0.6) is 5.75 Å². The third-order valence-corrected chi connectivity index (χ3v) is 9.17. The van der Waals surface area contributed by atoms with Crippen molar-refractivity contribution in [1.29, 1.82) is 0 Å². The fourth-order valence-corrected chi connectivity index (χ4v) is 5.80. The maximum Gasteiger partial charge on any atom is 2.00 e. The van der Waals surface area contributed by atoms with Crippen LogP contribution in [0.2, 0.25) is 0 Å².